The second-order valence-corrected chi connectivity index (χ2v) is 6.74. The van der Waals surface area contributed by atoms with Crippen LogP contribution in [0, 0.1) is 3.57 Å². The van der Waals surface area contributed by atoms with Gasteiger partial charge in [-0.1, -0.05) is 11.8 Å². The molecule has 1 fully saturated rings. The lowest BCUT2D eigenvalue weighted by Gasteiger charge is -2.17. The Labute approximate surface area is 147 Å². The van der Waals surface area contributed by atoms with Crippen LogP contribution in [0.4, 0.5) is 5.69 Å². The predicted molar refractivity (Wildman–Crippen MR) is 96.5 cm³/mol. The number of benzene rings is 1. The number of esters is 1. The summed E-state index contributed by atoms with van der Waals surface area (Å²) in [6, 6.07) is 8.03. The van der Waals surface area contributed by atoms with Crippen LogP contribution < -0.4 is 5.32 Å². The standard InChI is InChI=1S/C15H17IN2O3S/c1-2-21-15(20)9-14-18(13(19)10-22-14)8-7-17-12-5-3-11(16)4-6-12/h3-6,9,17H,2,7-8,10H2,1H3. The number of amides is 1. The van der Waals surface area contributed by atoms with Gasteiger partial charge in [-0.25, -0.2) is 4.79 Å². The molecule has 1 aliphatic rings. The van der Waals surface area contributed by atoms with Crippen LogP contribution in [-0.4, -0.2) is 42.2 Å². The first-order chi connectivity index (χ1) is 10.6. The largest absolute Gasteiger partial charge is 0.463 e. The van der Waals surface area contributed by atoms with Gasteiger partial charge in [0.2, 0.25) is 5.91 Å². The Morgan fingerprint density at radius 2 is 2.18 bits per heavy atom. The van der Waals surface area contributed by atoms with Gasteiger partial charge in [-0.15, -0.1) is 0 Å². The van der Waals surface area contributed by atoms with Crippen LogP contribution in [0.5, 0.6) is 0 Å². The fourth-order valence-corrected chi connectivity index (χ4v) is 3.25. The summed E-state index contributed by atoms with van der Waals surface area (Å²) in [4.78, 5) is 25.0. The molecule has 0 aromatic heterocycles. The van der Waals surface area contributed by atoms with Crippen molar-refractivity contribution in [1.82, 2.24) is 4.90 Å². The quantitative estimate of drug-likeness (QED) is 0.426. The number of ether oxygens (including phenoxy) is 1. The third-order valence-corrected chi connectivity index (χ3v) is 4.69. The van der Waals surface area contributed by atoms with Gasteiger partial charge in [0.15, 0.2) is 0 Å². The number of hydrogen-bond donors (Lipinski definition) is 1. The van der Waals surface area contributed by atoms with E-state index in [-0.39, 0.29) is 5.91 Å². The van der Waals surface area contributed by atoms with Crippen molar-refractivity contribution in [3.63, 3.8) is 0 Å². The average molecular weight is 432 g/mol. The molecule has 1 amide bonds. The van der Waals surface area contributed by atoms with E-state index in [9.17, 15) is 9.59 Å². The molecule has 0 radical (unpaired) electrons. The third kappa shape index (κ3) is 4.91. The van der Waals surface area contributed by atoms with Crippen LogP contribution in [0.3, 0.4) is 0 Å². The van der Waals surface area contributed by atoms with Crippen LogP contribution in [0.25, 0.3) is 0 Å². The molecule has 0 spiro atoms. The summed E-state index contributed by atoms with van der Waals surface area (Å²) in [7, 11) is 0. The average Bonchev–Trinajstić information content (AvgIpc) is 2.82. The summed E-state index contributed by atoms with van der Waals surface area (Å²) in [5.74, 6) is -0.0188. The number of carbonyl (C=O) groups is 2. The van der Waals surface area contributed by atoms with Crippen molar-refractivity contribution >= 4 is 51.9 Å². The lowest BCUT2D eigenvalue weighted by atomic mass is 10.3. The molecule has 22 heavy (non-hydrogen) atoms. The molecule has 1 N–H and O–H groups in total. The minimum atomic E-state index is -0.407. The van der Waals surface area contributed by atoms with Gasteiger partial charge in [0.05, 0.1) is 23.5 Å². The minimum Gasteiger partial charge on any atom is -0.463 e. The lowest BCUT2D eigenvalue weighted by molar-refractivity contribution is -0.137. The Morgan fingerprint density at radius 3 is 2.86 bits per heavy atom. The molecule has 1 aromatic rings. The maximum Gasteiger partial charge on any atom is 0.333 e. The first kappa shape index (κ1) is 17.1. The van der Waals surface area contributed by atoms with E-state index >= 15 is 0 Å². The van der Waals surface area contributed by atoms with E-state index in [2.05, 4.69) is 27.9 Å². The number of halogens is 1. The summed E-state index contributed by atoms with van der Waals surface area (Å²) >= 11 is 3.62. The van der Waals surface area contributed by atoms with E-state index < -0.39 is 5.97 Å². The SMILES string of the molecule is CCOC(=O)C=C1SCC(=O)N1CCNc1ccc(I)cc1. The molecule has 1 heterocycles. The summed E-state index contributed by atoms with van der Waals surface area (Å²) in [6.07, 6.45) is 1.39. The van der Waals surface area contributed by atoms with Gasteiger partial charge in [0, 0.05) is 22.3 Å². The Hall–Kier alpha value is -1.22. The molecule has 0 atom stereocenters. The van der Waals surface area contributed by atoms with Crippen LogP contribution in [0.1, 0.15) is 6.92 Å². The maximum absolute atomic E-state index is 11.9. The summed E-state index contributed by atoms with van der Waals surface area (Å²) in [5, 5.41) is 3.93. The Kier molecular flexibility index (Phi) is 6.56. The van der Waals surface area contributed by atoms with E-state index in [1.54, 1.807) is 11.8 Å². The van der Waals surface area contributed by atoms with E-state index in [0.29, 0.717) is 30.5 Å². The normalized spacial score (nSPS) is 16.2. The number of nitrogens with zero attached hydrogens (tertiary/aromatic N) is 1. The molecule has 5 nitrogen and oxygen atoms in total. The Morgan fingerprint density at radius 1 is 1.45 bits per heavy atom. The highest BCUT2D eigenvalue weighted by Crippen LogP contribution is 2.28. The van der Waals surface area contributed by atoms with Gasteiger partial charge in [-0.05, 0) is 53.8 Å². The zero-order valence-electron chi connectivity index (χ0n) is 12.2. The number of thioether (sulfide) groups is 1. The zero-order valence-corrected chi connectivity index (χ0v) is 15.1. The number of carbonyl (C=O) groups excluding carboxylic acids is 2. The van der Waals surface area contributed by atoms with Crippen molar-refractivity contribution in [3.8, 4) is 0 Å². The highest BCUT2D eigenvalue weighted by Gasteiger charge is 2.26. The Balaban J connectivity index is 1.90. The van der Waals surface area contributed by atoms with E-state index in [4.69, 9.17) is 4.74 Å². The van der Waals surface area contributed by atoms with Gasteiger partial charge in [-0.2, -0.15) is 0 Å². The number of anilines is 1. The second kappa shape index (κ2) is 8.42. The summed E-state index contributed by atoms with van der Waals surface area (Å²) in [6.45, 7) is 3.22. The van der Waals surface area contributed by atoms with Crippen molar-refractivity contribution < 1.29 is 14.3 Å². The minimum absolute atomic E-state index is 0.0185. The molecular formula is C15H17IN2O3S. The smallest absolute Gasteiger partial charge is 0.333 e. The first-order valence-electron chi connectivity index (χ1n) is 6.91. The maximum atomic E-state index is 11.9. The number of nitrogens with one attached hydrogen (secondary N) is 1. The van der Waals surface area contributed by atoms with E-state index in [1.807, 2.05) is 24.3 Å². The molecule has 1 aliphatic heterocycles. The third-order valence-electron chi connectivity index (χ3n) is 2.95. The molecule has 1 saturated heterocycles. The van der Waals surface area contributed by atoms with E-state index in [0.717, 1.165) is 5.69 Å². The van der Waals surface area contributed by atoms with Crippen molar-refractivity contribution in [2.45, 2.75) is 6.92 Å². The van der Waals surface area contributed by atoms with Crippen LogP contribution in [0.15, 0.2) is 35.4 Å². The molecule has 118 valence electrons. The summed E-state index contributed by atoms with van der Waals surface area (Å²) < 4.78 is 6.06. The zero-order chi connectivity index (χ0) is 15.9. The van der Waals surface area contributed by atoms with Gasteiger partial charge in [-0.3, -0.25) is 4.79 Å². The second-order valence-electron chi connectivity index (χ2n) is 4.50. The van der Waals surface area contributed by atoms with Crippen LogP contribution >= 0.6 is 34.4 Å². The molecule has 2 rings (SSSR count). The number of rotatable bonds is 6. The highest BCUT2D eigenvalue weighted by atomic mass is 127. The van der Waals surface area contributed by atoms with Crippen molar-refractivity contribution in [2.24, 2.45) is 0 Å². The molecule has 0 bridgehead atoms. The van der Waals surface area contributed by atoms with Crippen LogP contribution in [0.2, 0.25) is 0 Å². The van der Waals surface area contributed by atoms with Gasteiger partial charge >= 0.3 is 5.97 Å². The van der Waals surface area contributed by atoms with Crippen LogP contribution in [-0.2, 0) is 14.3 Å². The van der Waals surface area contributed by atoms with Crippen molar-refractivity contribution in [1.29, 1.82) is 0 Å². The van der Waals surface area contributed by atoms with E-state index in [1.165, 1.54) is 21.4 Å². The predicted octanol–water partition coefficient (Wildman–Crippen LogP) is 2.68. The molecular weight excluding hydrogens is 415 g/mol. The molecule has 0 saturated carbocycles. The highest BCUT2D eigenvalue weighted by molar-refractivity contribution is 14.1. The van der Waals surface area contributed by atoms with Gasteiger partial charge < -0.3 is 15.0 Å². The van der Waals surface area contributed by atoms with Crippen molar-refractivity contribution in [2.75, 3.05) is 30.8 Å². The van der Waals surface area contributed by atoms with Gasteiger partial charge in [0.1, 0.15) is 0 Å². The topological polar surface area (TPSA) is 58.6 Å². The van der Waals surface area contributed by atoms with Gasteiger partial charge in [0.25, 0.3) is 0 Å². The molecule has 0 unspecified atom stereocenters. The molecule has 0 aliphatic carbocycles. The fraction of sp³-hybridized carbons (Fsp3) is 0.333. The Bertz CT molecular complexity index is 575. The molecule has 1 aromatic carbocycles. The summed E-state index contributed by atoms with van der Waals surface area (Å²) in [5.41, 5.74) is 1.01. The monoisotopic (exact) mass is 432 g/mol. The fourth-order valence-electron chi connectivity index (χ4n) is 1.93. The first-order valence-corrected chi connectivity index (χ1v) is 8.97. The molecule has 7 heteroatoms. The lowest BCUT2D eigenvalue weighted by Crippen LogP contribution is -2.30. The number of hydrogen-bond acceptors (Lipinski definition) is 5. The van der Waals surface area contributed by atoms with Crippen molar-refractivity contribution in [3.05, 3.63) is 38.9 Å².